The minimum atomic E-state index is -1.46. The van der Waals surface area contributed by atoms with E-state index in [0.29, 0.717) is 12.8 Å². The number of hydrogen-bond acceptors (Lipinski definition) is 4. The van der Waals surface area contributed by atoms with Crippen molar-refractivity contribution < 1.29 is 19.4 Å². The highest BCUT2D eigenvalue weighted by Gasteiger charge is 2.47. The zero-order valence-corrected chi connectivity index (χ0v) is 13.1. The molecule has 20 heavy (non-hydrogen) atoms. The van der Waals surface area contributed by atoms with Crippen LogP contribution in [0, 0.1) is 5.41 Å². The second-order valence-corrected chi connectivity index (χ2v) is 6.01. The standard InChI is InChI=1S/C15H22O4S/c1-4-9-15(13(16)17,14(18)19-6-3)10-12-8-7-11(5-2)20-12/h7-8H,4-6,9-10H2,1-3H3,(H,16,17). The topological polar surface area (TPSA) is 63.6 Å². The molecule has 1 aromatic heterocycles. The van der Waals surface area contributed by atoms with Gasteiger partial charge in [-0.3, -0.25) is 9.59 Å². The lowest BCUT2D eigenvalue weighted by molar-refractivity contribution is -0.169. The summed E-state index contributed by atoms with van der Waals surface area (Å²) in [5.41, 5.74) is -1.46. The lowest BCUT2D eigenvalue weighted by Crippen LogP contribution is -2.42. The summed E-state index contributed by atoms with van der Waals surface area (Å²) in [6.07, 6.45) is 2.04. The van der Waals surface area contributed by atoms with Crippen LogP contribution in [-0.4, -0.2) is 23.7 Å². The van der Waals surface area contributed by atoms with Gasteiger partial charge in [0.05, 0.1) is 6.61 Å². The summed E-state index contributed by atoms with van der Waals surface area (Å²) in [5.74, 6) is -1.72. The van der Waals surface area contributed by atoms with E-state index in [1.54, 1.807) is 18.3 Å². The molecule has 0 aliphatic heterocycles. The highest BCUT2D eigenvalue weighted by molar-refractivity contribution is 7.12. The molecule has 0 saturated heterocycles. The maximum absolute atomic E-state index is 12.2. The molecule has 1 aromatic rings. The molecule has 0 aliphatic carbocycles. The Kier molecular flexibility index (Phi) is 6.20. The molecule has 0 spiro atoms. The summed E-state index contributed by atoms with van der Waals surface area (Å²) < 4.78 is 5.01. The van der Waals surface area contributed by atoms with E-state index in [2.05, 4.69) is 6.92 Å². The number of thiophene rings is 1. The van der Waals surface area contributed by atoms with Crippen molar-refractivity contribution in [3.63, 3.8) is 0 Å². The van der Waals surface area contributed by atoms with Gasteiger partial charge >= 0.3 is 11.9 Å². The maximum atomic E-state index is 12.2. The average molecular weight is 298 g/mol. The monoisotopic (exact) mass is 298 g/mol. The summed E-state index contributed by atoms with van der Waals surface area (Å²) in [7, 11) is 0. The van der Waals surface area contributed by atoms with Crippen LogP contribution in [0.5, 0.6) is 0 Å². The van der Waals surface area contributed by atoms with Gasteiger partial charge in [-0.15, -0.1) is 11.3 Å². The molecule has 0 aromatic carbocycles. The Morgan fingerprint density at radius 1 is 1.25 bits per heavy atom. The van der Waals surface area contributed by atoms with Crippen LogP contribution in [0.4, 0.5) is 0 Å². The molecular formula is C15H22O4S. The Hall–Kier alpha value is -1.36. The van der Waals surface area contributed by atoms with Gasteiger partial charge in [0.2, 0.25) is 0 Å². The van der Waals surface area contributed by atoms with E-state index >= 15 is 0 Å². The fourth-order valence-corrected chi connectivity index (χ4v) is 3.31. The van der Waals surface area contributed by atoms with Crippen molar-refractivity contribution in [2.45, 2.75) is 46.5 Å². The van der Waals surface area contributed by atoms with Crippen LogP contribution in [0.1, 0.15) is 43.4 Å². The van der Waals surface area contributed by atoms with Crippen LogP contribution in [0.3, 0.4) is 0 Å². The molecular weight excluding hydrogens is 276 g/mol. The number of carboxylic acids is 1. The number of carbonyl (C=O) groups excluding carboxylic acids is 1. The van der Waals surface area contributed by atoms with Crippen LogP contribution >= 0.6 is 11.3 Å². The largest absolute Gasteiger partial charge is 0.480 e. The SMILES string of the molecule is CCCC(Cc1ccc(CC)s1)(C(=O)O)C(=O)OCC. The van der Waals surface area contributed by atoms with Crippen molar-refractivity contribution in [1.82, 2.24) is 0 Å². The third-order valence-corrected chi connectivity index (χ3v) is 4.52. The minimum absolute atomic E-state index is 0.197. The molecule has 0 radical (unpaired) electrons. The third-order valence-electron chi connectivity index (χ3n) is 3.29. The van der Waals surface area contributed by atoms with E-state index in [1.807, 2.05) is 19.1 Å². The fourth-order valence-electron chi connectivity index (χ4n) is 2.23. The highest BCUT2D eigenvalue weighted by Crippen LogP contribution is 2.33. The lowest BCUT2D eigenvalue weighted by atomic mass is 9.79. The molecule has 1 atom stereocenters. The third kappa shape index (κ3) is 3.60. The summed E-state index contributed by atoms with van der Waals surface area (Å²) >= 11 is 1.57. The number of esters is 1. The van der Waals surface area contributed by atoms with Crippen LogP contribution in [-0.2, 0) is 27.2 Å². The van der Waals surface area contributed by atoms with Crippen molar-refractivity contribution >= 4 is 23.3 Å². The molecule has 5 heteroatoms. The molecule has 4 nitrogen and oxygen atoms in total. The van der Waals surface area contributed by atoms with E-state index in [-0.39, 0.29) is 13.0 Å². The van der Waals surface area contributed by atoms with Gasteiger partial charge in [0.15, 0.2) is 5.41 Å². The number of aryl methyl sites for hydroxylation is 1. The first kappa shape index (κ1) is 16.7. The molecule has 0 amide bonds. The second kappa shape index (κ2) is 7.43. The molecule has 1 unspecified atom stereocenters. The fraction of sp³-hybridized carbons (Fsp3) is 0.600. The molecule has 1 rings (SSSR count). The summed E-state index contributed by atoms with van der Waals surface area (Å²) in [6.45, 7) is 5.82. The number of ether oxygens (including phenoxy) is 1. The molecule has 0 bridgehead atoms. The van der Waals surface area contributed by atoms with Crippen molar-refractivity contribution in [1.29, 1.82) is 0 Å². The van der Waals surface area contributed by atoms with Gasteiger partial charge in [0.25, 0.3) is 0 Å². The van der Waals surface area contributed by atoms with Crippen LogP contribution in [0.2, 0.25) is 0 Å². The van der Waals surface area contributed by atoms with Crippen LogP contribution < -0.4 is 0 Å². The number of carbonyl (C=O) groups is 2. The summed E-state index contributed by atoms with van der Waals surface area (Å²) in [6, 6.07) is 3.90. The van der Waals surface area contributed by atoms with Gasteiger partial charge in [-0.2, -0.15) is 0 Å². The second-order valence-electron chi connectivity index (χ2n) is 4.76. The summed E-state index contributed by atoms with van der Waals surface area (Å²) in [5, 5.41) is 9.58. The normalized spacial score (nSPS) is 13.8. The molecule has 0 fully saturated rings. The van der Waals surface area contributed by atoms with E-state index in [1.165, 1.54) is 4.88 Å². The zero-order valence-electron chi connectivity index (χ0n) is 12.3. The van der Waals surface area contributed by atoms with Crippen LogP contribution in [0.15, 0.2) is 12.1 Å². The van der Waals surface area contributed by atoms with Crippen molar-refractivity contribution in [3.05, 3.63) is 21.9 Å². The van der Waals surface area contributed by atoms with E-state index in [9.17, 15) is 14.7 Å². The first-order valence-corrected chi connectivity index (χ1v) is 7.80. The number of hydrogen-bond donors (Lipinski definition) is 1. The molecule has 0 aliphatic rings. The average Bonchev–Trinajstić information content (AvgIpc) is 2.85. The quantitative estimate of drug-likeness (QED) is 0.591. The van der Waals surface area contributed by atoms with Gasteiger partial charge in [-0.05, 0) is 31.9 Å². The van der Waals surface area contributed by atoms with Gasteiger partial charge in [-0.25, -0.2) is 0 Å². The van der Waals surface area contributed by atoms with Gasteiger partial charge in [-0.1, -0.05) is 20.3 Å². The smallest absolute Gasteiger partial charge is 0.323 e. The van der Waals surface area contributed by atoms with Crippen molar-refractivity contribution in [3.8, 4) is 0 Å². The zero-order chi connectivity index (χ0) is 15.2. The molecule has 1 heterocycles. The van der Waals surface area contributed by atoms with Gasteiger partial charge in [0.1, 0.15) is 0 Å². The Labute approximate surface area is 123 Å². The molecule has 1 N–H and O–H groups in total. The predicted molar refractivity (Wildman–Crippen MR) is 79.0 cm³/mol. The van der Waals surface area contributed by atoms with Gasteiger partial charge in [0, 0.05) is 16.2 Å². The number of carboxylic acid groups (broad SMARTS) is 1. The number of rotatable bonds is 8. The minimum Gasteiger partial charge on any atom is -0.480 e. The van der Waals surface area contributed by atoms with Crippen molar-refractivity contribution in [2.75, 3.05) is 6.61 Å². The van der Waals surface area contributed by atoms with E-state index in [4.69, 9.17) is 4.74 Å². The number of aliphatic carboxylic acids is 1. The Bertz CT molecular complexity index is 466. The predicted octanol–water partition coefficient (Wildman–Crippen LogP) is 3.29. The summed E-state index contributed by atoms with van der Waals surface area (Å²) in [4.78, 5) is 26.0. The van der Waals surface area contributed by atoms with E-state index in [0.717, 1.165) is 11.3 Å². The lowest BCUT2D eigenvalue weighted by Gasteiger charge is -2.26. The Balaban J connectivity index is 3.07. The first-order valence-electron chi connectivity index (χ1n) is 6.98. The highest BCUT2D eigenvalue weighted by atomic mass is 32.1. The van der Waals surface area contributed by atoms with Gasteiger partial charge < -0.3 is 9.84 Å². The van der Waals surface area contributed by atoms with Crippen molar-refractivity contribution in [2.24, 2.45) is 5.41 Å². The van der Waals surface area contributed by atoms with Crippen LogP contribution in [0.25, 0.3) is 0 Å². The Morgan fingerprint density at radius 3 is 2.35 bits per heavy atom. The Morgan fingerprint density at radius 2 is 1.90 bits per heavy atom. The molecule has 112 valence electrons. The van der Waals surface area contributed by atoms with E-state index < -0.39 is 17.4 Å². The maximum Gasteiger partial charge on any atom is 0.323 e. The first-order chi connectivity index (χ1) is 9.50. The molecule has 0 saturated carbocycles.